The van der Waals surface area contributed by atoms with E-state index in [-0.39, 0.29) is 0 Å². The molecule has 1 aromatic rings. The molecule has 0 atom stereocenters. The van der Waals surface area contributed by atoms with Crippen molar-refractivity contribution in [3.8, 4) is 0 Å². The van der Waals surface area contributed by atoms with Gasteiger partial charge in [-0.3, -0.25) is 0 Å². The van der Waals surface area contributed by atoms with Gasteiger partial charge in [0.05, 0.1) is 0 Å². The molecule has 0 saturated carbocycles. The fourth-order valence-corrected chi connectivity index (χ4v) is 1.55. The minimum absolute atomic E-state index is 0.945. The van der Waals surface area contributed by atoms with E-state index in [2.05, 4.69) is 54.9 Å². The molecule has 1 nitrogen and oxygen atoms in total. The molecule has 2 heteroatoms. The van der Waals surface area contributed by atoms with Crippen LogP contribution in [0.25, 0.3) is 6.08 Å². The van der Waals surface area contributed by atoms with Gasteiger partial charge in [-0.15, -0.1) is 11.8 Å². The molecule has 0 aromatic heterocycles. The first-order chi connectivity index (χ1) is 6.86. The summed E-state index contributed by atoms with van der Waals surface area (Å²) in [5, 5.41) is 3.25. The van der Waals surface area contributed by atoms with Gasteiger partial charge in [0.1, 0.15) is 0 Å². The van der Waals surface area contributed by atoms with Gasteiger partial charge in [0.2, 0.25) is 0 Å². The van der Waals surface area contributed by atoms with Crippen molar-refractivity contribution in [2.75, 3.05) is 19.3 Å². The van der Waals surface area contributed by atoms with Gasteiger partial charge in [0, 0.05) is 11.4 Å². The maximum Gasteiger partial charge on any atom is 0.0138 e. The molecule has 0 aliphatic rings. The zero-order valence-corrected chi connectivity index (χ0v) is 9.60. The summed E-state index contributed by atoms with van der Waals surface area (Å²) >= 11 is 1.77. The lowest BCUT2D eigenvalue weighted by molar-refractivity contribution is 0.801. The number of nitrogens with one attached hydrogen (secondary N) is 1. The molecule has 14 heavy (non-hydrogen) atoms. The van der Waals surface area contributed by atoms with Crippen molar-refractivity contribution in [1.29, 1.82) is 0 Å². The maximum absolute atomic E-state index is 3.25. The van der Waals surface area contributed by atoms with Crippen LogP contribution in [0.15, 0.2) is 35.2 Å². The molecular weight excluding hydrogens is 190 g/mol. The van der Waals surface area contributed by atoms with Crippen LogP contribution in [-0.2, 0) is 0 Å². The largest absolute Gasteiger partial charge is 0.314 e. The molecule has 1 rings (SSSR count). The van der Waals surface area contributed by atoms with Gasteiger partial charge in [0.15, 0.2) is 0 Å². The van der Waals surface area contributed by atoms with Crippen LogP contribution in [-0.4, -0.2) is 19.3 Å². The average molecular weight is 207 g/mol. The second kappa shape index (κ2) is 6.68. The Balaban J connectivity index is 2.47. The standard InChI is InChI=1S/C12H17NS/c1-3-13-10-4-5-11-6-8-12(14-2)9-7-11/h4-9,13H,3,10H2,1-2H3. The monoisotopic (exact) mass is 207 g/mol. The summed E-state index contributed by atoms with van der Waals surface area (Å²) in [6, 6.07) is 8.59. The molecule has 0 fully saturated rings. The summed E-state index contributed by atoms with van der Waals surface area (Å²) in [5.41, 5.74) is 1.26. The van der Waals surface area contributed by atoms with Crippen molar-refractivity contribution in [2.24, 2.45) is 0 Å². The number of hydrogen-bond acceptors (Lipinski definition) is 2. The van der Waals surface area contributed by atoms with E-state index in [1.165, 1.54) is 10.5 Å². The minimum atomic E-state index is 0.945. The first-order valence-corrected chi connectivity index (χ1v) is 6.10. The molecule has 0 unspecified atom stereocenters. The van der Waals surface area contributed by atoms with Crippen LogP contribution in [0.5, 0.6) is 0 Å². The topological polar surface area (TPSA) is 12.0 Å². The molecule has 0 aliphatic heterocycles. The van der Waals surface area contributed by atoms with E-state index in [4.69, 9.17) is 0 Å². The van der Waals surface area contributed by atoms with Crippen molar-refractivity contribution in [3.05, 3.63) is 35.9 Å². The van der Waals surface area contributed by atoms with Gasteiger partial charge in [-0.2, -0.15) is 0 Å². The summed E-state index contributed by atoms with van der Waals surface area (Å²) in [4.78, 5) is 1.31. The van der Waals surface area contributed by atoms with Crippen molar-refractivity contribution < 1.29 is 0 Å². The Kier molecular flexibility index (Phi) is 5.42. The third-order valence-corrected chi connectivity index (χ3v) is 2.68. The molecule has 0 aliphatic carbocycles. The number of benzene rings is 1. The van der Waals surface area contributed by atoms with Gasteiger partial charge in [-0.25, -0.2) is 0 Å². The molecule has 1 N–H and O–H groups in total. The third kappa shape index (κ3) is 3.99. The zero-order valence-electron chi connectivity index (χ0n) is 8.79. The van der Waals surface area contributed by atoms with E-state index < -0.39 is 0 Å². The van der Waals surface area contributed by atoms with Crippen molar-refractivity contribution in [1.82, 2.24) is 5.32 Å². The lowest BCUT2D eigenvalue weighted by atomic mass is 10.2. The summed E-state index contributed by atoms with van der Waals surface area (Å²) in [6.45, 7) is 4.08. The van der Waals surface area contributed by atoms with E-state index in [1.54, 1.807) is 11.8 Å². The Bertz CT molecular complexity index is 277. The number of thioether (sulfide) groups is 1. The molecule has 0 amide bonds. The van der Waals surface area contributed by atoms with Gasteiger partial charge in [-0.1, -0.05) is 31.2 Å². The van der Waals surface area contributed by atoms with E-state index >= 15 is 0 Å². The molecule has 0 spiro atoms. The summed E-state index contributed by atoms with van der Waals surface area (Å²) < 4.78 is 0. The van der Waals surface area contributed by atoms with E-state index in [1.807, 2.05) is 0 Å². The number of rotatable bonds is 5. The highest BCUT2D eigenvalue weighted by molar-refractivity contribution is 7.98. The highest BCUT2D eigenvalue weighted by Gasteiger charge is 1.88. The smallest absolute Gasteiger partial charge is 0.0138 e. The van der Waals surface area contributed by atoms with Crippen LogP contribution in [0.3, 0.4) is 0 Å². The molecule has 0 bridgehead atoms. The van der Waals surface area contributed by atoms with Gasteiger partial charge < -0.3 is 5.32 Å². The van der Waals surface area contributed by atoms with Crippen LogP contribution in [0, 0.1) is 0 Å². The number of likely N-dealkylation sites (N-methyl/N-ethyl adjacent to an activating group) is 1. The maximum atomic E-state index is 3.25. The van der Waals surface area contributed by atoms with Crippen LogP contribution >= 0.6 is 11.8 Å². The Morgan fingerprint density at radius 3 is 2.57 bits per heavy atom. The SMILES string of the molecule is CCNCC=Cc1ccc(SC)cc1. The Morgan fingerprint density at radius 1 is 1.29 bits per heavy atom. The normalized spacial score (nSPS) is 11.0. The molecule has 1 aromatic carbocycles. The third-order valence-electron chi connectivity index (χ3n) is 1.94. The van der Waals surface area contributed by atoms with Crippen LogP contribution in [0.2, 0.25) is 0 Å². The Morgan fingerprint density at radius 2 is 2.00 bits per heavy atom. The molecule has 0 heterocycles. The lowest BCUT2D eigenvalue weighted by Crippen LogP contribution is -2.11. The van der Waals surface area contributed by atoms with E-state index in [9.17, 15) is 0 Å². The van der Waals surface area contributed by atoms with Crippen molar-refractivity contribution in [2.45, 2.75) is 11.8 Å². The van der Waals surface area contributed by atoms with Crippen molar-refractivity contribution >= 4 is 17.8 Å². The number of hydrogen-bond donors (Lipinski definition) is 1. The second-order valence-electron chi connectivity index (χ2n) is 2.98. The zero-order chi connectivity index (χ0) is 10.2. The summed E-state index contributed by atoms with van der Waals surface area (Å²) in [6.07, 6.45) is 6.39. The molecule has 0 radical (unpaired) electrons. The van der Waals surface area contributed by atoms with Crippen molar-refractivity contribution in [3.63, 3.8) is 0 Å². The quantitative estimate of drug-likeness (QED) is 0.588. The first kappa shape index (κ1) is 11.3. The van der Waals surface area contributed by atoms with Gasteiger partial charge in [0.25, 0.3) is 0 Å². The fraction of sp³-hybridized carbons (Fsp3) is 0.333. The fourth-order valence-electron chi connectivity index (χ4n) is 1.14. The van der Waals surface area contributed by atoms with Gasteiger partial charge in [-0.05, 0) is 30.5 Å². The average Bonchev–Trinajstić information content (AvgIpc) is 2.25. The molecule has 76 valence electrons. The predicted octanol–water partition coefficient (Wildman–Crippen LogP) is 3.03. The second-order valence-corrected chi connectivity index (χ2v) is 3.86. The predicted molar refractivity (Wildman–Crippen MR) is 65.8 cm³/mol. The minimum Gasteiger partial charge on any atom is -0.314 e. The summed E-state index contributed by atoms with van der Waals surface area (Å²) in [5.74, 6) is 0. The van der Waals surface area contributed by atoms with Crippen LogP contribution in [0.4, 0.5) is 0 Å². The van der Waals surface area contributed by atoms with Crippen LogP contribution < -0.4 is 5.32 Å². The molecular formula is C12H17NS. The van der Waals surface area contributed by atoms with Crippen LogP contribution in [0.1, 0.15) is 12.5 Å². The highest BCUT2D eigenvalue weighted by atomic mass is 32.2. The molecule has 0 saturated heterocycles. The lowest BCUT2D eigenvalue weighted by Gasteiger charge is -1.97. The van der Waals surface area contributed by atoms with E-state index in [0.29, 0.717) is 0 Å². The van der Waals surface area contributed by atoms with Gasteiger partial charge >= 0.3 is 0 Å². The Hall–Kier alpha value is -0.730. The summed E-state index contributed by atoms with van der Waals surface area (Å²) in [7, 11) is 0. The Labute approximate surface area is 90.6 Å². The first-order valence-electron chi connectivity index (χ1n) is 4.88. The van der Waals surface area contributed by atoms with E-state index in [0.717, 1.165) is 13.1 Å². The highest BCUT2D eigenvalue weighted by Crippen LogP contribution is 2.15.